The van der Waals surface area contributed by atoms with Gasteiger partial charge in [-0.15, -0.1) is 0 Å². The molecule has 120 valence electrons. The Labute approximate surface area is 130 Å². The molecule has 0 aliphatic carbocycles. The molecule has 0 aromatic heterocycles. The van der Waals surface area contributed by atoms with Crippen LogP contribution in [0.4, 0.5) is 0 Å². The van der Waals surface area contributed by atoms with Gasteiger partial charge in [-0.2, -0.15) is 0 Å². The molecule has 1 aromatic carbocycles. The molecule has 0 aliphatic rings. The quantitative estimate of drug-likeness (QED) is 0.734. The zero-order valence-electron chi connectivity index (χ0n) is 14.3. The summed E-state index contributed by atoms with van der Waals surface area (Å²) in [5.74, 6) is 0. The summed E-state index contributed by atoms with van der Waals surface area (Å²) in [6.45, 7) is 10.8. The van der Waals surface area contributed by atoms with E-state index in [0.29, 0.717) is 12.6 Å². The van der Waals surface area contributed by atoms with E-state index >= 15 is 0 Å². The second kappa shape index (κ2) is 8.52. The fraction of sp³-hybridized carbons (Fsp3) is 0.667. The monoisotopic (exact) mass is 292 g/mol. The van der Waals surface area contributed by atoms with Crippen LogP contribution in [0.1, 0.15) is 50.8 Å². The minimum absolute atomic E-state index is 0.385. The van der Waals surface area contributed by atoms with Crippen LogP contribution < -0.4 is 5.32 Å². The van der Waals surface area contributed by atoms with Gasteiger partial charge in [-0.1, -0.05) is 31.2 Å². The summed E-state index contributed by atoms with van der Waals surface area (Å²) in [7, 11) is 2.08. The molecule has 0 saturated carbocycles. The van der Waals surface area contributed by atoms with E-state index in [-0.39, 0.29) is 0 Å². The van der Waals surface area contributed by atoms with Crippen molar-refractivity contribution in [3.63, 3.8) is 0 Å². The third-order valence-corrected chi connectivity index (χ3v) is 3.66. The third-order valence-electron chi connectivity index (χ3n) is 3.66. The van der Waals surface area contributed by atoms with Gasteiger partial charge in [-0.3, -0.25) is 0 Å². The zero-order valence-corrected chi connectivity index (χ0v) is 14.3. The first-order valence-corrected chi connectivity index (χ1v) is 8.03. The summed E-state index contributed by atoms with van der Waals surface area (Å²) in [6.07, 6.45) is 2.19. The van der Waals surface area contributed by atoms with Crippen LogP contribution in [0.5, 0.6) is 0 Å². The molecule has 3 nitrogen and oxygen atoms in total. The van der Waals surface area contributed by atoms with E-state index in [9.17, 15) is 5.11 Å². The van der Waals surface area contributed by atoms with Gasteiger partial charge in [0.25, 0.3) is 0 Å². The Hall–Kier alpha value is -0.900. The van der Waals surface area contributed by atoms with Gasteiger partial charge in [0, 0.05) is 12.6 Å². The lowest BCUT2D eigenvalue weighted by Crippen LogP contribution is -2.38. The normalized spacial score (nSPS) is 13.7. The molecule has 0 spiro atoms. The van der Waals surface area contributed by atoms with Crippen LogP contribution in [-0.2, 0) is 0 Å². The summed E-state index contributed by atoms with van der Waals surface area (Å²) in [5.41, 5.74) is 2.10. The fourth-order valence-electron chi connectivity index (χ4n) is 2.75. The highest BCUT2D eigenvalue weighted by atomic mass is 16.3. The maximum atomic E-state index is 9.90. The smallest absolute Gasteiger partial charge is 0.0718 e. The number of aryl methyl sites for hydroxylation is 1. The predicted molar refractivity (Wildman–Crippen MR) is 90.6 cm³/mol. The Morgan fingerprint density at radius 1 is 1.29 bits per heavy atom. The summed E-state index contributed by atoms with van der Waals surface area (Å²) >= 11 is 0. The van der Waals surface area contributed by atoms with E-state index < -0.39 is 5.60 Å². The van der Waals surface area contributed by atoms with E-state index in [1.54, 1.807) is 0 Å². The molecular formula is C18H32N2O. The highest BCUT2D eigenvalue weighted by molar-refractivity contribution is 5.28. The molecule has 0 bridgehead atoms. The predicted octanol–water partition coefficient (Wildman–Crippen LogP) is 3.13. The average molecular weight is 292 g/mol. The van der Waals surface area contributed by atoms with Crippen LogP contribution in [0.25, 0.3) is 0 Å². The lowest BCUT2D eigenvalue weighted by atomic mass is 9.98. The van der Waals surface area contributed by atoms with Crippen LogP contribution >= 0.6 is 0 Å². The number of nitrogens with zero attached hydrogens (tertiary/aromatic N) is 1. The zero-order chi connectivity index (χ0) is 15.9. The molecule has 0 radical (unpaired) electrons. The van der Waals surface area contributed by atoms with Gasteiger partial charge in [0.1, 0.15) is 0 Å². The fourth-order valence-corrected chi connectivity index (χ4v) is 2.75. The van der Waals surface area contributed by atoms with Gasteiger partial charge >= 0.3 is 0 Å². The van der Waals surface area contributed by atoms with Gasteiger partial charge < -0.3 is 15.3 Å². The number of aliphatic hydroxyl groups is 1. The SMILES string of the molecule is CCCNC(CCN(C)CC(C)(C)O)c1ccccc1C. The summed E-state index contributed by atoms with van der Waals surface area (Å²) in [5, 5.41) is 13.6. The van der Waals surface area contributed by atoms with Crippen LogP contribution in [0.2, 0.25) is 0 Å². The lowest BCUT2D eigenvalue weighted by molar-refractivity contribution is 0.0435. The van der Waals surface area contributed by atoms with Gasteiger partial charge in [0.2, 0.25) is 0 Å². The highest BCUT2D eigenvalue weighted by Gasteiger charge is 2.18. The number of nitrogens with one attached hydrogen (secondary N) is 1. The Morgan fingerprint density at radius 2 is 1.95 bits per heavy atom. The van der Waals surface area contributed by atoms with Crippen molar-refractivity contribution in [1.29, 1.82) is 0 Å². The largest absolute Gasteiger partial charge is 0.389 e. The number of hydrogen-bond donors (Lipinski definition) is 2. The summed E-state index contributed by atoms with van der Waals surface area (Å²) in [4.78, 5) is 2.21. The van der Waals surface area contributed by atoms with Crippen LogP contribution in [-0.4, -0.2) is 42.3 Å². The maximum Gasteiger partial charge on any atom is 0.0718 e. The van der Waals surface area contributed by atoms with E-state index in [1.165, 1.54) is 11.1 Å². The minimum atomic E-state index is -0.635. The van der Waals surface area contributed by atoms with Crippen molar-refractivity contribution >= 4 is 0 Å². The average Bonchev–Trinajstić information content (AvgIpc) is 2.38. The Bertz CT molecular complexity index is 412. The van der Waals surface area contributed by atoms with Crippen LogP contribution in [0.15, 0.2) is 24.3 Å². The number of hydrogen-bond acceptors (Lipinski definition) is 3. The Kier molecular flexibility index (Phi) is 7.36. The summed E-state index contributed by atoms with van der Waals surface area (Å²) in [6, 6.07) is 8.99. The second-order valence-electron chi connectivity index (χ2n) is 6.70. The van der Waals surface area contributed by atoms with E-state index in [4.69, 9.17) is 0 Å². The molecule has 1 unspecified atom stereocenters. The van der Waals surface area contributed by atoms with Crippen molar-refractivity contribution < 1.29 is 5.11 Å². The minimum Gasteiger partial charge on any atom is -0.389 e. The molecule has 1 aromatic rings. The topological polar surface area (TPSA) is 35.5 Å². The van der Waals surface area contributed by atoms with E-state index in [1.807, 2.05) is 13.8 Å². The number of benzene rings is 1. The second-order valence-corrected chi connectivity index (χ2v) is 6.70. The summed E-state index contributed by atoms with van der Waals surface area (Å²) < 4.78 is 0. The van der Waals surface area contributed by atoms with Crippen LogP contribution in [0, 0.1) is 6.92 Å². The van der Waals surface area contributed by atoms with Crippen molar-refractivity contribution in [3.05, 3.63) is 35.4 Å². The molecule has 1 rings (SSSR count). The Morgan fingerprint density at radius 3 is 2.52 bits per heavy atom. The van der Waals surface area contributed by atoms with Gasteiger partial charge in [-0.05, 0) is 64.9 Å². The van der Waals surface area contributed by atoms with Crippen molar-refractivity contribution in [1.82, 2.24) is 10.2 Å². The van der Waals surface area contributed by atoms with Crippen molar-refractivity contribution in [2.75, 3.05) is 26.7 Å². The molecule has 1 atom stereocenters. The first-order valence-electron chi connectivity index (χ1n) is 8.03. The van der Waals surface area contributed by atoms with Crippen molar-refractivity contribution in [2.45, 2.75) is 52.2 Å². The molecule has 0 heterocycles. The molecule has 0 saturated heterocycles. The highest BCUT2D eigenvalue weighted by Crippen LogP contribution is 2.21. The number of likely N-dealkylation sites (N-methyl/N-ethyl adjacent to an activating group) is 1. The van der Waals surface area contributed by atoms with Crippen LogP contribution in [0.3, 0.4) is 0 Å². The standard InChI is InChI=1S/C18H32N2O/c1-6-12-19-17(16-10-8-7-9-15(16)2)11-13-20(5)14-18(3,4)21/h7-10,17,19,21H,6,11-14H2,1-5H3. The first kappa shape index (κ1) is 18.1. The maximum absolute atomic E-state index is 9.90. The Balaban J connectivity index is 2.65. The molecule has 2 N–H and O–H groups in total. The van der Waals surface area contributed by atoms with Crippen molar-refractivity contribution in [3.8, 4) is 0 Å². The van der Waals surface area contributed by atoms with Gasteiger partial charge in [0.15, 0.2) is 0 Å². The molecule has 3 heteroatoms. The van der Waals surface area contributed by atoms with Crippen molar-refractivity contribution in [2.24, 2.45) is 0 Å². The molecule has 0 aliphatic heterocycles. The molecule has 21 heavy (non-hydrogen) atoms. The molecular weight excluding hydrogens is 260 g/mol. The number of rotatable bonds is 9. The lowest BCUT2D eigenvalue weighted by Gasteiger charge is -2.28. The van der Waals surface area contributed by atoms with E-state index in [2.05, 4.69) is 55.4 Å². The van der Waals surface area contributed by atoms with Gasteiger partial charge in [-0.25, -0.2) is 0 Å². The van der Waals surface area contributed by atoms with E-state index in [0.717, 1.165) is 25.9 Å². The van der Waals surface area contributed by atoms with Gasteiger partial charge in [0.05, 0.1) is 5.60 Å². The third kappa shape index (κ3) is 7.07. The first-order chi connectivity index (χ1) is 9.83. The molecule has 0 fully saturated rings. The molecule has 0 amide bonds.